The highest BCUT2D eigenvalue weighted by Gasteiger charge is 2.48. The fourth-order valence-electron chi connectivity index (χ4n) is 3.70. The van der Waals surface area contributed by atoms with E-state index in [1.165, 1.54) is 19.1 Å². The van der Waals surface area contributed by atoms with Crippen molar-refractivity contribution in [3.05, 3.63) is 60.6 Å². The molecule has 1 aliphatic rings. The number of carbonyl (C=O) groups is 1. The van der Waals surface area contributed by atoms with Gasteiger partial charge in [0.2, 0.25) is 5.95 Å². The molecule has 0 bridgehead atoms. The summed E-state index contributed by atoms with van der Waals surface area (Å²) in [4.78, 5) is 25.5. The van der Waals surface area contributed by atoms with Crippen LogP contribution in [0.5, 0.6) is 5.75 Å². The molecule has 1 aliphatic heterocycles. The van der Waals surface area contributed by atoms with Gasteiger partial charge in [-0.15, -0.1) is 0 Å². The number of nitrogens with zero attached hydrogens (tertiary/aromatic N) is 5. The second kappa shape index (κ2) is 9.99. The van der Waals surface area contributed by atoms with Crippen LogP contribution in [0, 0.1) is 11.3 Å². The molecule has 1 amide bonds. The third kappa shape index (κ3) is 5.50. The summed E-state index contributed by atoms with van der Waals surface area (Å²) in [6.45, 7) is 0.381. The van der Waals surface area contributed by atoms with Gasteiger partial charge in [0, 0.05) is 30.9 Å². The minimum Gasteiger partial charge on any atom is -0.483 e. The summed E-state index contributed by atoms with van der Waals surface area (Å²) in [6, 6.07) is 11.8. The Hall–Kier alpha value is -4.17. The molecule has 3 heterocycles. The van der Waals surface area contributed by atoms with Crippen LogP contribution in [0.25, 0.3) is 11.3 Å². The molecule has 180 valence electrons. The number of nitriles is 1. The second-order valence-electron chi connectivity index (χ2n) is 8.05. The Bertz CT molecular complexity index is 1250. The maximum absolute atomic E-state index is 14.7. The number of rotatable bonds is 6. The van der Waals surface area contributed by atoms with Crippen molar-refractivity contribution in [1.82, 2.24) is 19.9 Å². The lowest BCUT2D eigenvalue weighted by atomic mass is 10.0. The Balaban J connectivity index is 1.51. The van der Waals surface area contributed by atoms with Crippen LogP contribution in [0.3, 0.4) is 0 Å². The first kappa shape index (κ1) is 24.0. The first-order valence-electron chi connectivity index (χ1n) is 10.8. The predicted octanol–water partition coefficient (Wildman–Crippen LogP) is 3.15. The number of anilines is 2. The Morgan fingerprint density at radius 2 is 2.17 bits per heavy atom. The number of hydrogen-bond acceptors (Lipinski definition) is 8. The predicted molar refractivity (Wildman–Crippen MR) is 122 cm³/mol. The molecule has 1 unspecified atom stereocenters. The normalized spacial score (nSPS) is 17.8. The van der Waals surface area contributed by atoms with Crippen molar-refractivity contribution in [2.45, 2.75) is 31.5 Å². The number of aliphatic hydroxyl groups is 1. The van der Waals surface area contributed by atoms with Crippen LogP contribution in [0.2, 0.25) is 0 Å². The van der Waals surface area contributed by atoms with E-state index in [9.17, 15) is 23.9 Å². The summed E-state index contributed by atoms with van der Waals surface area (Å²) >= 11 is 0. The third-order valence-electron chi connectivity index (χ3n) is 5.44. The van der Waals surface area contributed by atoms with E-state index in [-0.39, 0.29) is 24.3 Å². The first-order chi connectivity index (χ1) is 16.8. The number of alkyl halides is 2. The summed E-state index contributed by atoms with van der Waals surface area (Å²) in [5.74, 6) is -3.77. The van der Waals surface area contributed by atoms with E-state index < -0.39 is 30.6 Å². The van der Waals surface area contributed by atoms with Gasteiger partial charge in [-0.1, -0.05) is 0 Å². The van der Waals surface area contributed by atoms with Crippen LogP contribution in [-0.4, -0.2) is 62.1 Å². The van der Waals surface area contributed by atoms with Gasteiger partial charge < -0.3 is 20.1 Å². The fourth-order valence-corrected chi connectivity index (χ4v) is 3.70. The summed E-state index contributed by atoms with van der Waals surface area (Å²) in [5.41, 5.74) is 1.87. The maximum Gasteiger partial charge on any atom is 0.301 e. The molecule has 1 aromatic carbocycles. The molecule has 9 nitrogen and oxygen atoms in total. The number of aliphatic hydroxyl groups excluding tert-OH is 1. The molecule has 0 radical (unpaired) electrons. The first-order valence-corrected chi connectivity index (χ1v) is 10.8. The molecule has 3 aromatic rings. The number of pyridine rings is 1. The zero-order valence-electron chi connectivity index (χ0n) is 18.7. The molecule has 0 saturated carbocycles. The molecule has 2 aromatic heterocycles. The van der Waals surface area contributed by atoms with Crippen molar-refractivity contribution < 1.29 is 23.4 Å². The Morgan fingerprint density at radius 1 is 1.34 bits per heavy atom. The van der Waals surface area contributed by atoms with Gasteiger partial charge in [0.05, 0.1) is 29.7 Å². The van der Waals surface area contributed by atoms with Gasteiger partial charge in [0.1, 0.15) is 17.9 Å². The van der Waals surface area contributed by atoms with E-state index in [4.69, 9.17) is 4.74 Å². The highest BCUT2D eigenvalue weighted by Crippen LogP contribution is 2.34. The number of piperidine rings is 1. The number of amides is 1. The van der Waals surface area contributed by atoms with Crippen molar-refractivity contribution in [1.29, 1.82) is 5.26 Å². The molecule has 11 heteroatoms. The third-order valence-corrected chi connectivity index (χ3v) is 5.44. The number of likely N-dealkylation sites (tertiary alicyclic amines) is 1. The molecule has 35 heavy (non-hydrogen) atoms. The summed E-state index contributed by atoms with van der Waals surface area (Å²) in [6.07, 6.45) is 1.80. The lowest BCUT2D eigenvalue weighted by molar-refractivity contribution is -0.165. The number of benzene rings is 1. The lowest BCUT2D eigenvalue weighted by Gasteiger charge is -2.38. The van der Waals surface area contributed by atoms with E-state index in [1.54, 1.807) is 36.8 Å². The smallest absolute Gasteiger partial charge is 0.301 e. The topological polar surface area (TPSA) is 124 Å². The fraction of sp³-hybridized carbons (Fsp3) is 0.292. The average molecular weight is 480 g/mol. The van der Waals surface area contributed by atoms with Crippen molar-refractivity contribution in [3.63, 3.8) is 0 Å². The average Bonchev–Trinajstić information content (AvgIpc) is 2.85. The van der Waals surface area contributed by atoms with Crippen molar-refractivity contribution in [3.8, 4) is 23.1 Å². The zero-order valence-corrected chi connectivity index (χ0v) is 18.7. The summed E-state index contributed by atoms with van der Waals surface area (Å²) in [7, 11) is 0. The lowest BCUT2D eigenvalue weighted by Crippen LogP contribution is -2.56. The van der Waals surface area contributed by atoms with E-state index >= 15 is 0 Å². The largest absolute Gasteiger partial charge is 0.483 e. The molecule has 0 spiro atoms. The highest BCUT2D eigenvalue weighted by molar-refractivity contribution is 5.80. The quantitative estimate of drug-likeness (QED) is 0.551. The van der Waals surface area contributed by atoms with Gasteiger partial charge in [0.25, 0.3) is 5.91 Å². The summed E-state index contributed by atoms with van der Waals surface area (Å²) < 4.78 is 35.0. The van der Waals surface area contributed by atoms with Crippen molar-refractivity contribution >= 4 is 17.5 Å². The van der Waals surface area contributed by atoms with Gasteiger partial charge in [0.15, 0.2) is 6.10 Å². The molecule has 0 aliphatic carbocycles. The maximum atomic E-state index is 14.7. The van der Waals surface area contributed by atoms with Crippen molar-refractivity contribution in [2.24, 2.45) is 0 Å². The second-order valence-corrected chi connectivity index (χ2v) is 8.05. The van der Waals surface area contributed by atoms with Gasteiger partial charge in [-0.3, -0.25) is 9.78 Å². The standard InChI is InChI=1S/C24H22F2N6O3/c1-15(33)22(34)32-10-7-21(24(25,26)14-32)35-20-5-4-16(11-17(20)12-27)19-6-9-29-23(31-19)30-18-3-2-8-28-13-18/h2-6,8-9,11,13,15,21,33H,7,10,14H2,1H3,(H,29,30,31)/t15-,21?/m0/s1. The molecular formula is C24H22F2N6O3. The van der Waals surface area contributed by atoms with Crippen LogP contribution in [0.1, 0.15) is 18.9 Å². The van der Waals surface area contributed by atoms with Crippen LogP contribution in [-0.2, 0) is 4.79 Å². The molecule has 2 N–H and O–H groups in total. The molecule has 4 rings (SSSR count). The van der Waals surface area contributed by atoms with E-state index in [0.29, 0.717) is 22.9 Å². The van der Waals surface area contributed by atoms with Gasteiger partial charge in [-0.25, -0.2) is 18.7 Å². The highest BCUT2D eigenvalue weighted by atomic mass is 19.3. The van der Waals surface area contributed by atoms with Gasteiger partial charge in [-0.2, -0.15) is 5.26 Å². The molecule has 1 fully saturated rings. The number of ether oxygens (including phenoxy) is 1. The molecular weight excluding hydrogens is 458 g/mol. The Labute approximate surface area is 200 Å². The zero-order chi connectivity index (χ0) is 25.0. The minimum atomic E-state index is -3.35. The summed E-state index contributed by atoms with van der Waals surface area (Å²) in [5, 5.41) is 22.1. The monoisotopic (exact) mass is 480 g/mol. The molecule has 1 saturated heterocycles. The number of nitrogens with one attached hydrogen (secondary N) is 1. The number of hydrogen-bond donors (Lipinski definition) is 2. The minimum absolute atomic E-state index is 0.0115. The van der Waals surface area contributed by atoms with E-state index in [1.807, 2.05) is 12.1 Å². The van der Waals surface area contributed by atoms with E-state index in [0.717, 1.165) is 4.90 Å². The number of aromatic nitrogens is 3. The molecule has 2 atom stereocenters. The van der Waals surface area contributed by atoms with Crippen LogP contribution >= 0.6 is 0 Å². The Morgan fingerprint density at radius 3 is 2.86 bits per heavy atom. The van der Waals surface area contributed by atoms with E-state index in [2.05, 4.69) is 20.3 Å². The Kier molecular flexibility index (Phi) is 6.84. The van der Waals surface area contributed by atoms with Gasteiger partial charge in [-0.05, 0) is 43.3 Å². The van der Waals surface area contributed by atoms with Gasteiger partial charge >= 0.3 is 5.92 Å². The van der Waals surface area contributed by atoms with Crippen LogP contribution in [0.15, 0.2) is 55.0 Å². The van der Waals surface area contributed by atoms with Crippen molar-refractivity contribution in [2.75, 3.05) is 18.4 Å². The number of halogens is 2. The SMILES string of the molecule is C[C@H](O)C(=O)N1CCC(Oc2ccc(-c3ccnc(Nc4cccnc4)n3)cc2C#N)C(F)(F)C1. The van der Waals surface area contributed by atoms with Crippen LogP contribution < -0.4 is 10.1 Å². The van der Waals surface area contributed by atoms with Crippen LogP contribution in [0.4, 0.5) is 20.4 Å². The number of carbonyl (C=O) groups excluding carboxylic acids is 1.